The molecule has 0 aliphatic rings. The van der Waals surface area contributed by atoms with Gasteiger partial charge in [-0.15, -0.1) is 0 Å². The number of aromatic nitrogens is 3. The highest BCUT2D eigenvalue weighted by atomic mass is 16.5. The molecule has 1 aromatic carbocycles. The number of amides is 2. The highest BCUT2D eigenvalue weighted by Gasteiger charge is 2.10. The lowest BCUT2D eigenvalue weighted by atomic mass is 10.2. The summed E-state index contributed by atoms with van der Waals surface area (Å²) < 4.78 is 7.36. The molecule has 2 N–H and O–H groups in total. The van der Waals surface area contributed by atoms with Crippen LogP contribution in [0.3, 0.4) is 0 Å². The molecular weight excluding hydrogens is 294 g/mol. The van der Waals surface area contributed by atoms with Crippen LogP contribution >= 0.6 is 0 Å². The molecule has 124 valence electrons. The van der Waals surface area contributed by atoms with Gasteiger partial charge in [0.15, 0.2) is 0 Å². The van der Waals surface area contributed by atoms with Crippen LogP contribution in [0.15, 0.2) is 30.9 Å². The summed E-state index contributed by atoms with van der Waals surface area (Å²) in [6.07, 6.45) is 3.21. The Bertz CT molecular complexity index is 640. The zero-order valence-electron chi connectivity index (χ0n) is 13.9. The molecule has 0 unspecified atom stereocenters. The normalized spacial score (nSPS) is 12.0. The quantitative estimate of drug-likeness (QED) is 0.858. The van der Waals surface area contributed by atoms with Crippen molar-refractivity contribution in [2.45, 2.75) is 46.4 Å². The second kappa shape index (κ2) is 7.62. The third kappa shape index (κ3) is 5.28. The lowest BCUT2D eigenvalue weighted by Crippen LogP contribution is -2.38. The van der Waals surface area contributed by atoms with Crippen LogP contribution < -0.4 is 15.4 Å². The molecule has 7 heteroatoms. The van der Waals surface area contributed by atoms with E-state index in [1.807, 2.05) is 45.9 Å². The van der Waals surface area contributed by atoms with Gasteiger partial charge in [-0.1, -0.05) is 0 Å². The van der Waals surface area contributed by atoms with E-state index in [9.17, 15) is 4.79 Å². The molecule has 1 aromatic heterocycles. The van der Waals surface area contributed by atoms with Crippen molar-refractivity contribution in [3.05, 3.63) is 36.4 Å². The Morgan fingerprint density at radius 1 is 1.35 bits per heavy atom. The van der Waals surface area contributed by atoms with E-state index in [1.54, 1.807) is 11.0 Å². The fraction of sp³-hybridized carbons (Fsp3) is 0.438. The van der Waals surface area contributed by atoms with Gasteiger partial charge in [0.2, 0.25) is 0 Å². The monoisotopic (exact) mass is 317 g/mol. The van der Waals surface area contributed by atoms with Crippen LogP contribution in [0.25, 0.3) is 0 Å². The molecule has 1 atom stereocenters. The van der Waals surface area contributed by atoms with Crippen LogP contribution in [0.2, 0.25) is 0 Å². The summed E-state index contributed by atoms with van der Waals surface area (Å²) in [4.78, 5) is 15.9. The summed E-state index contributed by atoms with van der Waals surface area (Å²) in [7, 11) is 0. The highest BCUT2D eigenvalue weighted by Crippen LogP contribution is 2.22. The van der Waals surface area contributed by atoms with Gasteiger partial charge in [-0.05, 0) is 51.5 Å². The fourth-order valence-electron chi connectivity index (χ4n) is 2.16. The number of benzene rings is 1. The standard InChI is InChI=1S/C16H23N5O2/c1-11(2)23-15-6-5-14(7-12(15)3)20-16(22)19-13(4)8-21-10-17-9-18-21/h5-7,9-11,13H,8H2,1-4H3,(H2,19,20,22)/t13-/m1/s1. The first-order chi connectivity index (χ1) is 10.9. The summed E-state index contributed by atoms with van der Waals surface area (Å²) in [5.74, 6) is 0.825. The van der Waals surface area contributed by atoms with E-state index in [-0.39, 0.29) is 18.2 Å². The van der Waals surface area contributed by atoms with Crippen molar-refractivity contribution in [2.24, 2.45) is 0 Å². The topological polar surface area (TPSA) is 81.1 Å². The second-order valence-electron chi connectivity index (χ2n) is 5.76. The number of hydrogen-bond acceptors (Lipinski definition) is 4. The summed E-state index contributed by atoms with van der Waals surface area (Å²) in [6.45, 7) is 8.39. The number of urea groups is 1. The summed E-state index contributed by atoms with van der Waals surface area (Å²) >= 11 is 0. The van der Waals surface area contributed by atoms with Gasteiger partial charge in [0, 0.05) is 11.7 Å². The molecule has 2 aromatic rings. The average Bonchev–Trinajstić information content (AvgIpc) is 2.94. The Morgan fingerprint density at radius 2 is 2.13 bits per heavy atom. The third-order valence-corrected chi connectivity index (χ3v) is 3.10. The van der Waals surface area contributed by atoms with Gasteiger partial charge in [0.05, 0.1) is 12.6 Å². The maximum absolute atomic E-state index is 12.0. The van der Waals surface area contributed by atoms with Crippen LogP contribution in [-0.2, 0) is 6.54 Å². The van der Waals surface area contributed by atoms with E-state index < -0.39 is 0 Å². The number of nitrogens with one attached hydrogen (secondary N) is 2. The van der Waals surface area contributed by atoms with Crippen LogP contribution in [-0.4, -0.2) is 32.9 Å². The minimum atomic E-state index is -0.255. The van der Waals surface area contributed by atoms with E-state index in [4.69, 9.17) is 4.74 Å². The molecule has 0 bridgehead atoms. The number of nitrogens with zero attached hydrogens (tertiary/aromatic N) is 3. The molecular formula is C16H23N5O2. The first kappa shape index (κ1) is 16.8. The van der Waals surface area contributed by atoms with Crippen molar-refractivity contribution < 1.29 is 9.53 Å². The molecule has 2 amide bonds. The fourth-order valence-corrected chi connectivity index (χ4v) is 2.16. The number of ether oxygens (including phenoxy) is 1. The third-order valence-electron chi connectivity index (χ3n) is 3.10. The zero-order chi connectivity index (χ0) is 16.8. The number of aryl methyl sites for hydroxylation is 1. The average molecular weight is 317 g/mol. The van der Waals surface area contributed by atoms with Crippen molar-refractivity contribution in [1.82, 2.24) is 20.1 Å². The molecule has 0 radical (unpaired) electrons. The summed E-state index contributed by atoms with van der Waals surface area (Å²) in [6, 6.07) is 5.26. The molecule has 0 aliphatic heterocycles. The SMILES string of the molecule is Cc1cc(NC(=O)N[C@H](C)Cn2cncn2)ccc1OC(C)C. The minimum Gasteiger partial charge on any atom is -0.491 e. The second-order valence-corrected chi connectivity index (χ2v) is 5.76. The maximum Gasteiger partial charge on any atom is 0.319 e. The predicted octanol–water partition coefficient (Wildman–Crippen LogP) is 2.58. The van der Waals surface area contributed by atoms with Crippen LogP contribution in [0.4, 0.5) is 10.5 Å². The maximum atomic E-state index is 12.0. The Kier molecular flexibility index (Phi) is 5.56. The van der Waals surface area contributed by atoms with Gasteiger partial charge in [-0.3, -0.25) is 4.68 Å². The Hall–Kier alpha value is -2.57. The lowest BCUT2D eigenvalue weighted by Gasteiger charge is -2.16. The van der Waals surface area contributed by atoms with Gasteiger partial charge >= 0.3 is 6.03 Å². The lowest BCUT2D eigenvalue weighted by molar-refractivity contribution is 0.240. The molecule has 1 heterocycles. The van der Waals surface area contributed by atoms with E-state index in [0.717, 1.165) is 17.0 Å². The van der Waals surface area contributed by atoms with Crippen molar-refractivity contribution in [3.63, 3.8) is 0 Å². The van der Waals surface area contributed by atoms with Crippen molar-refractivity contribution in [1.29, 1.82) is 0 Å². The van der Waals surface area contributed by atoms with Gasteiger partial charge < -0.3 is 15.4 Å². The molecule has 0 spiro atoms. The highest BCUT2D eigenvalue weighted by molar-refractivity contribution is 5.89. The number of rotatable bonds is 6. The van der Waals surface area contributed by atoms with Gasteiger partial charge in [0.1, 0.15) is 18.4 Å². The van der Waals surface area contributed by atoms with E-state index >= 15 is 0 Å². The molecule has 0 saturated heterocycles. The molecule has 2 rings (SSSR count). The predicted molar refractivity (Wildman–Crippen MR) is 88.6 cm³/mol. The van der Waals surface area contributed by atoms with Crippen molar-refractivity contribution >= 4 is 11.7 Å². The van der Waals surface area contributed by atoms with E-state index in [2.05, 4.69) is 20.7 Å². The van der Waals surface area contributed by atoms with Crippen molar-refractivity contribution in [3.8, 4) is 5.75 Å². The molecule has 7 nitrogen and oxygen atoms in total. The summed E-state index contributed by atoms with van der Waals surface area (Å²) in [5, 5.41) is 9.70. The van der Waals surface area contributed by atoms with Crippen LogP contribution in [0.5, 0.6) is 5.75 Å². The van der Waals surface area contributed by atoms with Crippen LogP contribution in [0, 0.1) is 6.92 Å². The van der Waals surface area contributed by atoms with Crippen LogP contribution in [0.1, 0.15) is 26.3 Å². The smallest absolute Gasteiger partial charge is 0.319 e. The number of carbonyl (C=O) groups excluding carboxylic acids is 1. The number of anilines is 1. The van der Waals surface area contributed by atoms with Crippen molar-refractivity contribution in [2.75, 3.05) is 5.32 Å². The molecule has 0 aliphatic carbocycles. The van der Waals surface area contributed by atoms with Gasteiger partial charge in [0.25, 0.3) is 0 Å². The largest absolute Gasteiger partial charge is 0.491 e. The van der Waals surface area contributed by atoms with E-state index in [1.165, 1.54) is 6.33 Å². The van der Waals surface area contributed by atoms with Gasteiger partial charge in [-0.25, -0.2) is 9.78 Å². The molecule has 0 fully saturated rings. The van der Waals surface area contributed by atoms with E-state index in [0.29, 0.717) is 6.54 Å². The molecule has 23 heavy (non-hydrogen) atoms. The zero-order valence-corrected chi connectivity index (χ0v) is 13.9. The first-order valence-corrected chi connectivity index (χ1v) is 7.61. The Labute approximate surface area is 136 Å². The minimum absolute atomic E-state index is 0.0682. The Morgan fingerprint density at radius 3 is 2.74 bits per heavy atom. The first-order valence-electron chi connectivity index (χ1n) is 7.61. The Balaban J connectivity index is 1.88. The van der Waals surface area contributed by atoms with Gasteiger partial charge in [-0.2, -0.15) is 5.10 Å². The number of carbonyl (C=O) groups is 1. The summed E-state index contributed by atoms with van der Waals surface area (Å²) in [5.41, 5.74) is 1.70. The number of hydrogen-bond donors (Lipinski definition) is 2. The molecule has 0 saturated carbocycles.